The number of hydrogen-bond donors (Lipinski definition) is 1. The lowest BCUT2D eigenvalue weighted by molar-refractivity contribution is -0.387. The van der Waals surface area contributed by atoms with Crippen LogP contribution >= 0.6 is 0 Å². The molecule has 150 valence electrons. The van der Waals surface area contributed by atoms with E-state index in [1.807, 2.05) is 0 Å². The standard InChI is InChI=1S/C17H24N2O7S/c1-5-6-9-13(20)12-18(16(21)26-17(2,3)4)27(24,25)15-11-8-7-10-14(15)19(22)23/h5,7-8,10-11,13,20H,1,6,9,12H2,2-4H3/t13-/m0/s1. The van der Waals surface area contributed by atoms with Gasteiger partial charge in [-0.2, -0.15) is 4.31 Å². The molecule has 0 spiro atoms. The van der Waals surface area contributed by atoms with Crippen LogP contribution in [-0.4, -0.2) is 47.1 Å². The number of nitrogens with zero attached hydrogens (tertiary/aromatic N) is 2. The highest BCUT2D eigenvalue weighted by Gasteiger charge is 2.38. The molecule has 27 heavy (non-hydrogen) atoms. The molecule has 0 aromatic heterocycles. The monoisotopic (exact) mass is 400 g/mol. The third-order valence-electron chi connectivity index (χ3n) is 3.31. The van der Waals surface area contributed by atoms with Crippen LogP contribution in [0.3, 0.4) is 0 Å². The zero-order valence-electron chi connectivity index (χ0n) is 15.5. The molecule has 0 saturated heterocycles. The van der Waals surface area contributed by atoms with Gasteiger partial charge in [0.05, 0.1) is 17.6 Å². The van der Waals surface area contributed by atoms with E-state index in [4.69, 9.17) is 4.74 Å². The average molecular weight is 400 g/mol. The summed E-state index contributed by atoms with van der Waals surface area (Å²) in [4.78, 5) is 22.2. The molecule has 0 saturated carbocycles. The number of para-hydroxylation sites is 1. The Bertz CT molecular complexity index is 800. The Kier molecular flexibility index (Phi) is 7.49. The number of allylic oxidation sites excluding steroid dienone is 1. The first-order valence-corrected chi connectivity index (χ1v) is 9.62. The number of sulfonamides is 1. The number of ether oxygens (including phenoxy) is 1. The minimum absolute atomic E-state index is 0.162. The number of carbonyl (C=O) groups is 1. The Balaban J connectivity index is 3.37. The van der Waals surface area contributed by atoms with Crippen LogP contribution < -0.4 is 0 Å². The van der Waals surface area contributed by atoms with Crippen molar-refractivity contribution in [3.63, 3.8) is 0 Å². The summed E-state index contributed by atoms with van der Waals surface area (Å²) in [5.41, 5.74) is -1.67. The lowest BCUT2D eigenvalue weighted by Gasteiger charge is -2.28. The van der Waals surface area contributed by atoms with Crippen LogP contribution in [-0.2, 0) is 14.8 Å². The highest BCUT2D eigenvalue weighted by atomic mass is 32.2. The van der Waals surface area contributed by atoms with E-state index in [-0.39, 0.29) is 6.42 Å². The van der Waals surface area contributed by atoms with E-state index in [9.17, 15) is 28.4 Å². The Hall–Kier alpha value is -2.46. The number of hydrogen-bond acceptors (Lipinski definition) is 7. The molecule has 1 aromatic rings. The zero-order chi connectivity index (χ0) is 20.8. The summed E-state index contributed by atoms with van der Waals surface area (Å²) >= 11 is 0. The van der Waals surface area contributed by atoms with Crippen LogP contribution in [0.2, 0.25) is 0 Å². The summed E-state index contributed by atoms with van der Waals surface area (Å²) in [6, 6.07) is 4.67. The van der Waals surface area contributed by atoms with Gasteiger partial charge in [-0.3, -0.25) is 10.1 Å². The molecule has 0 bridgehead atoms. The average Bonchev–Trinajstić information content (AvgIpc) is 2.55. The van der Waals surface area contributed by atoms with Crippen LogP contribution in [0.5, 0.6) is 0 Å². The molecule has 0 heterocycles. The van der Waals surface area contributed by atoms with E-state index in [1.165, 1.54) is 18.2 Å². The minimum Gasteiger partial charge on any atom is -0.443 e. The number of benzene rings is 1. The van der Waals surface area contributed by atoms with Gasteiger partial charge >= 0.3 is 6.09 Å². The number of amides is 1. The van der Waals surface area contributed by atoms with E-state index in [0.29, 0.717) is 10.7 Å². The van der Waals surface area contributed by atoms with Gasteiger partial charge in [0.15, 0.2) is 4.90 Å². The second-order valence-electron chi connectivity index (χ2n) is 6.76. The van der Waals surface area contributed by atoms with Gasteiger partial charge in [-0.25, -0.2) is 13.2 Å². The maximum absolute atomic E-state index is 13.0. The van der Waals surface area contributed by atoms with Gasteiger partial charge < -0.3 is 9.84 Å². The van der Waals surface area contributed by atoms with Crippen LogP contribution in [0.4, 0.5) is 10.5 Å². The zero-order valence-corrected chi connectivity index (χ0v) is 16.3. The molecule has 0 aliphatic heterocycles. The molecule has 1 N–H and O–H groups in total. The van der Waals surface area contributed by atoms with Crippen molar-refractivity contribution in [2.45, 2.75) is 50.2 Å². The Labute approximate surface area is 158 Å². The molecule has 1 aromatic carbocycles. The van der Waals surface area contributed by atoms with Crippen molar-refractivity contribution in [3.8, 4) is 0 Å². The Morgan fingerprint density at radius 3 is 2.52 bits per heavy atom. The fraction of sp³-hybridized carbons (Fsp3) is 0.471. The van der Waals surface area contributed by atoms with Crippen LogP contribution in [0.25, 0.3) is 0 Å². The van der Waals surface area contributed by atoms with Gasteiger partial charge in [-0.1, -0.05) is 18.2 Å². The molecule has 0 aliphatic rings. The van der Waals surface area contributed by atoms with Crippen LogP contribution in [0, 0.1) is 10.1 Å². The van der Waals surface area contributed by atoms with Gasteiger partial charge in [0.2, 0.25) is 0 Å². The number of carbonyl (C=O) groups excluding carboxylic acids is 1. The molecule has 0 aliphatic carbocycles. The van der Waals surface area contributed by atoms with Crippen molar-refractivity contribution in [2.75, 3.05) is 6.54 Å². The summed E-state index contributed by atoms with van der Waals surface area (Å²) < 4.78 is 31.4. The molecule has 0 fully saturated rings. The van der Waals surface area contributed by atoms with Crippen molar-refractivity contribution in [3.05, 3.63) is 47.0 Å². The highest BCUT2D eigenvalue weighted by molar-refractivity contribution is 7.89. The lowest BCUT2D eigenvalue weighted by atomic mass is 10.2. The normalized spacial score (nSPS) is 12.9. The smallest absolute Gasteiger partial charge is 0.424 e. The maximum Gasteiger partial charge on any atom is 0.424 e. The fourth-order valence-electron chi connectivity index (χ4n) is 2.12. The van der Waals surface area contributed by atoms with Gasteiger partial charge in [0, 0.05) is 6.07 Å². The Morgan fingerprint density at radius 1 is 1.41 bits per heavy atom. The van der Waals surface area contributed by atoms with E-state index < -0.39 is 49.9 Å². The molecule has 1 amide bonds. The molecule has 1 rings (SSSR count). The first kappa shape index (κ1) is 22.6. The second kappa shape index (κ2) is 8.96. The van der Waals surface area contributed by atoms with Gasteiger partial charge in [0.1, 0.15) is 5.60 Å². The maximum atomic E-state index is 13.0. The van der Waals surface area contributed by atoms with Crippen molar-refractivity contribution < 1.29 is 28.0 Å². The third-order valence-corrected chi connectivity index (χ3v) is 5.09. The predicted octanol–water partition coefficient (Wildman–Crippen LogP) is 2.85. The van der Waals surface area contributed by atoms with E-state index in [2.05, 4.69) is 6.58 Å². The van der Waals surface area contributed by atoms with Crippen molar-refractivity contribution in [1.29, 1.82) is 0 Å². The summed E-state index contributed by atoms with van der Waals surface area (Å²) in [5.74, 6) is 0. The first-order chi connectivity index (χ1) is 12.4. The molecule has 9 nitrogen and oxygen atoms in total. The Morgan fingerprint density at radius 2 is 2.00 bits per heavy atom. The van der Waals surface area contributed by atoms with Crippen molar-refractivity contribution in [1.82, 2.24) is 4.31 Å². The second-order valence-corrected chi connectivity index (χ2v) is 8.59. The number of aliphatic hydroxyl groups is 1. The molecule has 10 heteroatoms. The van der Waals surface area contributed by atoms with Gasteiger partial charge in [-0.05, 0) is 39.7 Å². The molecule has 1 atom stereocenters. The number of nitro benzene ring substituents is 1. The minimum atomic E-state index is -4.64. The van der Waals surface area contributed by atoms with Crippen LogP contribution in [0.1, 0.15) is 33.6 Å². The third kappa shape index (κ3) is 6.33. The summed E-state index contributed by atoms with van der Waals surface area (Å²) in [6.07, 6.45) is -0.312. The molecular weight excluding hydrogens is 376 g/mol. The summed E-state index contributed by atoms with van der Waals surface area (Å²) in [7, 11) is -4.64. The molecule has 0 unspecified atom stereocenters. The predicted molar refractivity (Wildman–Crippen MR) is 98.7 cm³/mol. The van der Waals surface area contributed by atoms with Crippen molar-refractivity contribution in [2.24, 2.45) is 0 Å². The number of rotatable bonds is 8. The largest absolute Gasteiger partial charge is 0.443 e. The van der Waals surface area contributed by atoms with E-state index in [0.717, 1.165) is 12.1 Å². The van der Waals surface area contributed by atoms with Crippen LogP contribution in [0.15, 0.2) is 41.8 Å². The lowest BCUT2D eigenvalue weighted by Crippen LogP contribution is -2.44. The summed E-state index contributed by atoms with van der Waals surface area (Å²) in [5, 5.41) is 21.3. The van der Waals surface area contributed by atoms with Gasteiger partial charge in [0.25, 0.3) is 15.7 Å². The fourth-order valence-corrected chi connectivity index (χ4v) is 3.62. The molecule has 0 radical (unpaired) electrons. The highest BCUT2D eigenvalue weighted by Crippen LogP contribution is 2.28. The van der Waals surface area contributed by atoms with E-state index >= 15 is 0 Å². The number of nitro groups is 1. The number of aliphatic hydroxyl groups excluding tert-OH is 1. The topological polar surface area (TPSA) is 127 Å². The summed E-state index contributed by atoms with van der Waals surface area (Å²) in [6.45, 7) is 7.56. The molecular formula is C17H24N2O7S. The van der Waals surface area contributed by atoms with Gasteiger partial charge in [-0.15, -0.1) is 6.58 Å². The van der Waals surface area contributed by atoms with Crippen molar-refractivity contribution >= 4 is 21.8 Å². The van der Waals surface area contributed by atoms with E-state index in [1.54, 1.807) is 20.8 Å². The first-order valence-electron chi connectivity index (χ1n) is 8.18. The quantitative estimate of drug-likeness (QED) is 0.404. The SMILES string of the molecule is C=CCC[C@H](O)CN(C(=O)OC(C)(C)C)S(=O)(=O)c1ccccc1[N+](=O)[O-].